The molecule has 8 heteroatoms. The van der Waals surface area contributed by atoms with Gasteiger partial charge in [-0.25, -0.2) is 0 Å². The molecule has 1 amide bonds. The summed E-state index contributed by atoms with van der Waals surface area (Å²) in [6.45, 7) is 0.478. The van der Waals surface area contributed by atoms with Crippen LogP contribution >= 0.6 is 0 Å². The molecule has 0 spiro atoms. The standard InChI is InChI=1S/C15H13N7O/c23-15(10-4-5-11-12(9-10)18-21-17-11)16-7-6-14-20-19-13-3-1-2-8-22(13)14/h1-5,8-9H,6-7H2,(H,16,23)(H,17,18,21). The van der Waals surface area contributed by atoms with Crippen molar-refractivity contribution in [2.24, 2.45) is 0 Å². The fourth-order valence-corrected chi connectivity index (χ4v) is 2.43. The monoisotopic (exact) mass is 307 g/mol. The van der Waals surface area contributed by atoms with Crippen LogP contribution in [0.3, 0.4) is 0 Å². The molecule has 3 aromatic heterocycles. The van der Waals surface area contributed by atoms with Crippen LogP contribution in [-0.4, -0.2) is 42.5 Å². The van der Waals surface area contributed by atoms with Crippen molar-refractivity contribution in [2.75, 3.05) is 6.54 Å². The summed E-state index contributed by atoms with van der Waals surface area (Å²) < 4.78 is 1.91. The number of hydrogen-bond acceptors (Lipinski definition) is 5. The molecule has 0 atom stereocenters. The third-order valence-corrected chi connectivity index (χ3v) is 3.60. The van der Waals surface area contributed by atoms with E-state index in [0.717, 1.165) is 17.0 Å². The van der Waals surface area contributed by atoms with Crippen molar-refractivity contribution >= 4 is 22.6 Å². The second-order valence-corrected chi connectivity index (χ2v) is 5.08. The minimum Gasteiger partial charge on any atom is -0.352 e. The first-order valence-electron chi connectivity index (χ1n) is 7.18. The van der Waals surface area contributed by atoms with E-state index in [1.54, 1.807) is 18.2 Å². The van der Waals surface area contributed by atoms with E-state index in [1.807, 2.05) is 28.8 Å². The summed E-state index contributed by atoms with van der Waals surface area (Å²) in [6, 6.07) is 10.9. The van der Waals surface area contributed by atoms with E-state index in [-0.39, 0.29) is 5.91 Å². The molecular formula is C15H13N7O. The van der Waals surface area contributed by atoms with E-state index in [4.69, 9.17) is 0 Å². The van der Waals surface area contributed by atoms with Gasteiger partial charge in [0.1, 0.15) is 16.9 Å². The van der Waals surface area contributed by atoms with Crippen molar-refractivity contribution < 1.29 is 4.79 Å². The van der Waals surface area contributed by atoms with Crippen molar-refractivity contribution in [1.82, 2.24) is 35.3 Å². The van der Waals surface area contributed by atoms with Crippen LogP contribution in [0.25, 0.3) is 16.7 Å². The topological polar surface area (TPSA) is 101 Å². The molecule has 8 nitrogen and oxygen atoms in total. The first kappa shape index (κ1) is 13.4. The van der Waals surface area contributed by atoms with Crippen LogP contribution in [0.15, 0.2) is 42.6 Å². The Morgan fingerprint density at radius 3 is 3.00 bits per heavy atom. The van der Waals surface area contributed by atoms with Gasteiger partial charge in [0.2, 0.25) is 0 Å². The number of rotatable bonds is 4. The number of fused-ring (bicyclic) bond motifs is 2. The first-order chi connectivity index (χ1) is 11.3. The van der Waals surface area contributed by atoms with Gasteiger partial charge in [0.05, 0.1) is 0 Å². The third-order valence-electron chi connectivity index (χ3n) is 3.60. The Morgan fingerprint density at radius 1 is 1.13 bits per heavy atom. The highest BCUT2D eigenvalue weighted by molar-refractivity contribution is 5.97. The maximum atomic E-state index is 12.2. The molecule has 0 unspecified atom stereocenters. The summed E-state index contributed by atoms with van der Waals surface area (Å²) in [4.78, 5) is 12.2. The van der Waals surface area contributed by atoms with Gasteiger partial charge in [0, 0.05) is 24.7 Å². The van der Waals surface area contributed by atoms with Crippen LogP contribution in [0.5, 0.6) is 0 Å². The van der Waals surface area contributed by atoms with Crippen LogP contribution in [0.2, 0.25) is 0 Å². The zero-order chi connectivity index (χ0) is 15.6. The van der Waals surface area contributed by atoms with Crippen molar-refractivity contribution in [3.8, 4) is 0 Å². The lowest BCUT2D eigenvalue weighted by atomic mass is 10.2. The van der Waals surface area contributed by atoms with Gasteiger partial charge in [0.15, 0.2) is 5.65 Å². The molecule has 1 aromatic carbocycles. The second kappa shape index (κ2) is 5.48. The molecule has 0 saturated heterocycles. The highest BCUT2D eigenvalue weighted by Gasteiger charge is 2.09. The zero-order valence-electron chi connectivity index (χ0n) is 12.1. The average molecular weight is 307 g/mol. The van der Waals surface area contributed by atoms with Crippen molar-refractivity contribution in [3.63, 3.8) is 0 Å². The van der Waals surface area contributed by atoms with Crippen molar-refractivity contribution in [3.05, 3.63) is 54.0 Å². The van der Waals surface area contributed by atoms with E-state index < -0.39 is 0 Å². The summed E-state index contributed by atoms with van der Waals surface area (Å²) in [5.74, 6) is 0.663. The normalized spacial score (nSPS) is 11.1. The lowest BCUT2D eigenvalue weighted by molar-refractivity contribution is 0.0954. The zero-order valence-corrected chi connectivity index (χ0v) is 12.1. The fourth-order valence-electron chi connectivity index (χ4n) is 2.43. The number of nitrogens with one attached hydrogen (secondary N) is 2. The Balaban J connectivity index is 1.43. The molecule has 0 aliphatic rings. The van der Waals surface area contributed by atoms with Gasteiger partial charge in [-0.1, -0.05) is 6.07 Å². The van der Waals surface area contributed by atoms with Gasteiger partial charge >= 0.3 is 0 Å². The molecule has 0 radical (unpaired) electrons. The Morgan fingerprint density at radius 2 is 2.04 bits per heavy atom. The number of H-pyrrole nitrogens is 1. The highest BCUT2D eigenvalue weighted by atomic mass is 16.1. The molecule has 4 rings (SSSR count). The molecule has 2 N–H and O–H groups in total. The number of benzene rings is 1. The minimum atomic E-state index is -0.149. The predicted molar refractivity (Wildman–Crippen MR) is 82.9 cm³/mol. The largest absolute Gasteiger partial charge is 0.352 e. The van der Waals surface area contributed by atoms with Crippen LogP contribution in [0.4, 0.5) is 0 Å². The van der Waals surface area contributed by atoms with E-state index >= 15 is 0 Å². The van der Waals surface area contributed by atoms with Gasteiger partial charge in [-0.15, -0.1) is 10.2 Å². The molecule has 0 bridgehead atoms. The Kier molecular flexibility index (Phi) is 3.19. The van der Waals surface area contributed by atoms with Crippen molar-refractivity contribution in [1.29, 1.82) is 0 Å². The molecule has 3 heterocycles. The summed E-state index contributed by atoms with van der Waals surface area (Å²) in [5, 5.41) is 21.6. The van der Waals surface area contributed by atoms with Crippen LogP contribution in [0, 0.1) is 0 Å². The number of nitrogens with zero attached hydrogens (tertiary/aromatic N) is 5. The van der Waals surface area contributed by atoms with Gasteiger partial charge in [0.25, 0.3) is 5.91 Å². The van der Waals surface area contributed by atoms with Gasteiger partial charge < -0.3 is 5.32 Å². The smallest absolute Gasteiger partial charge is 0.251 e. The molecule has 4 aromatic rings. The maximum absolute atomic E-state index is 12.2. The van der Waals surface area contributed by atoms with Gasteiger partial charge in [-0.3, -0.25) is 9.20 Å². The third kappa shape index (κ3) is 2.50. The number of aromatic nitrogens is 6. The molecule has 0 aliphatic heterocycles. The van der Waals surface area contributed by atoms with E-state index in [2.05, 4.69) is 30.9 Å². The van der Waals surface area contributed by atoms with E-state index in [9.17, 15) is 4.79 Å². The number of amides is 1. The summed E-state index contributed by atoms with van der Waals surface area (Å²) in [6.07, 6.45) is 2.51. The SMILES string of the molecule is O=C(NCCc1nnc2ccccn12)c1ccc2n[nH]nc2c1. The van der Waals surface area contributed by atoms with E-state index in [1.165, 1.54) is 0 Å². The molecular weight excluding hydrogens is 294 g/mol. The molecule has 0 fully saturated rings. The van der Waals surface area contributed by atoms with E-state index in [0.29, 0.717) is 24.0 Å². The highest BCUT2D eigenvalue weighted by Crippen LogP contribution is 2.10. The number of aromatic amines is 1. The van der Waals surface area contributed by atoms with Crippen molar-refractivity contribution in [2.45, 2.75) is 6.42 Å². The minimum absolute atomic E-state index is 0.149. The number of pyridine rings is 1. The molecule has 23 heavy (non-hydrogen) atoms. The summed E-state index contributed by atoms with van der Waals surface area (Å²) in [5.41, 5.74) is 2.75. The average Bonchev–Trinajstić information content (AvgIpc) is 3.21. The predicted octanol–water partition coefficient (Wildman–Crippen LogP) is 0.973. The summed E-state index contributed by atoms with van der Waals surface area (Å²) in [7, 11) is 0. The summed E-state index contributed by atoms with van der Waals surface area (Å²) >= 11 is 0. The molecule has 114 valence electrons. The Bertz CT molecular complexity index is 988. The molecule has 0 saturated carbocycles. The fraction of sp³-hybridized carbons (Fsp3) is 0.133. The molecule has 0 aliphatic carbocycles. The Hall–Kier alpha value is -3.29. The van der Waals surface area contributed by atoms with Gasteiger partial charge in [-0.05, 0) is 30.3 Å². The first-order valence-corrected chi connectivity index (χ1v) is 7.18. The number of hydrogen-bond donors (Lipinski definition) is 2. The van der Waals surface area contributed by atoms with Crippen LogP contribution in [-0.2, 0) is 6.42 Å². The lowest BCUT2D eigenvalue weighted by Crippen LogP contribution is -2.26. The quantitative estimate of drug-likeness (QED) is 0.585. The number of carbonyl (C=O) groups excluding carboxylic acids is 1. The maximum Gasteiger partial charge on any atom is 0.251 e. The van der Waals surface area contributed by atoms with Crippen LogP contribution in [0.1, 0.15) is 16.2 Å². The van der Waals surface area contributed by atoms with Gasteiger partial charge in [-0.2, -0.15) is 15.4 Å². The Labute approximate surface area is 130 Å². The van der Waals surface area contributed by atoms with Crippen LogP contribution < -0.4 is 5.32 Å². The number of carbonyl (C=O) groups is 1. The lowest BCUT2D eigenvalue weighted by Gasteiger charge is -2.04. The second-order valence-electron chi connectivity index (χ2n) is 5.08.